The predicted octanol–water partition coefficient (Wildman–Crippen LogP) is 2.32. The first-order chi connectivity index (χ1) is 15.4. The molecule has 4 rings (SSSR count). The number of carbonyl (C=O) groups is 4. The molecule has 0 bridgehead atoms. The van der Waals surface area contributed by atoms with Crippen molar-refractivity contribution in [2.75, 3.05) is 38.1 Å². The minimum atomic E-state index is -0.590. The Morgan fingerprint density at radius 3 is 2.50 bits per heavy atom. The first kappa shape index (κ1) is 22.1. The second-order valence-corrected chi connectivity index (χ2v) is 8.93. The molecule has 0 unspecified atom stereocenters. The van der Waals surface area contributed by atoms with Crippen LogP contribution in [0.15, 0.2) is 22.8 Å². The summed E-state index contributed by atoms with van der Waals surface area (Å²) in [5, 5.41) is 3.22. The molecule has 0 saturated carbocycles. The molecule has 1 aliphatic heterocycles. The first-order valence-corrected chi connectivity index (χ1v) is 11.5. The van der Waals surface area contributed by atoms with Gasteiger partial charge in [-0.2, -0.15) is 0 Å². The fraction of sp³-hybridized carbons (Fsp3) is 0.455. The second kappa shape index (κ2) is 9.56. The maximum absolute atomic E-state index is 12.8. The van der Waals surface area contributed by atoms with E-state index in [0.717, 1.165) is 36.1 Å². The molecule has 2 aromatic heterocycles. The van der Waals surface area contributed by atoms with E-state index in [1.54, 1.807) is 21.9 Å². The summed E-state index contributed by atoms with van der Waals surface area (Å²) in [5.41, 5.74) is 1.30. The van der Waals surface area contributed by atoms with Crippen LogP contribution in [0.4, 0.5) is 5.00 Å². The summed E-state index contributed by atoms with van der Waals surface area (Å²) in [6.45, 7) is 2.48. The van der Waals surface area contributed by atoms with E-state index < -0.39 is 5.97 Å². The Bertz CT molecular complexity index is 1020. The summed E-state index contributed by atoms with van der Waals surface area (Å²) >= 11 is 1.41. The highest BCUT2D eigenvalue weighted by molar-refractivity contribution is 7.17. The van der Waals surface area contributed by atoms with Crippen LogP contribution < -0.4 is 5.32 Å². The molecule has 10 heteroatoms. The van der Waals surface area contributed by atoms with Crippen LogP contribution in [0.5, 0.6) is 0 Å². The number of carbonyl (C=O) groups excluding carboxylic acids is 4. The van der Waals surface area contributed by atoms with Gasteiger partial charge in [-0.1, -0.05) is 0 Å². The molecule has 1 aliphatic carbocycles. The third-order valence-corrected chi connectivity index (χ3v) is 6.85. The first-order valence-electron chi connectivity index (χ1n) is 10.6. The van der Waals surface area contributed by atoms with Crippen LogP contribution in [-0.2, 0) is 27.2 Å². The van der Waals surface area contributed by atoms with Gasteiger partial charge >= 0.3 is 5.97 Å². The van der Waals surface area contributed by atoms with E-state index in [9.17, 15) is 19.2 Å². The number of hydrogen-bond donors (Lipinski definition) is 1. The molecule has 32 heavy (non-hydrogen) atoms. The molecular weight excluding hydrogens is 434 g/mol. The van der Waals surface area contributed by atoms with E-state index in [0.29, 0.717) is 36.7 Å². The van der Waals surface area contributed by atoms with Crippen molar-refractivity contribution in [3.8, 4) is 0 Å². The summed E-state index contributed by atoms with van der Waals surface area (Å²) < 4.78 is 10.5. The van der Waals surface area contributed by atoms with Crippen molar-refractivity contribution in [1.82, 2.24) is 9.80 Å². The average Bonchev–Trinajstić information content (AvgIpc) is 3.44. The second-order valence-electron chi connectivity index (χ2n) is 7.82. The fourth-order valence-electron chi connectivity index (χ4n) is 4.04. The Hall–Kier alpha value is -3.14. The zero-order chi connectivity index (χ0) is 22.7. The normalized spacial score (nSPS) is 15.8. The lowest BCUT2D eigenvalue weighted by atomic mass is 9.95. The van der Waals surface area contributed by atoms with Crippen molar-refractivity contribution in [3.05, 3.63) is 40.2 Å². The number of hydrogen-bond acceptors (Lipinski definition) is 7. The zero-order valence-corrected chi connectivity index (χ0v) is 18.7. The smallest absolute Gasteiger partial charge is 0.341 e. The molecule has 0 aromatic carbocycles. The fourth-order valence-corrected chi connectivity index (χ4v) is 5.36. The molecule has 2 aromatic rings. The van der Waals surface area contributed by atoms with Gasteiger partial charge in [-0.3, -0.25) is 14.4 Å². The van der Waals surface area contributed by atoms with Gasteiger partial charge in [-0.05, 0) is 43.4 Å². The van der Waals surface area contributed by atoms with Gasteiger partial charge in [0.15, 0.2) is 12.4 Å². The molecule has 1 N–H and O–H groups in total. The van der Waals surface area contributed by atoms with Gasteiger partial charge in [0.1, 0.15) is 5.00 Å². The van der Waals surface area contributed by atoms with Crippen molar-refractivity contribution in [2.24, 2.45) is 0 Å². The number of esters is 1. The third-order valence-electron chi connectivity index (χ3n) is 5.64. The topological polar surface area (TPSA) is 109 Å². The quantitative estimate of drug-likeness (QED) is 0.688. The van der Waals surface area contributed by atoms with Gasteiger partial charge in [0.05, 0.1) is 11.8 Å². The predicted molar refractivity (Wildman–Crippen MR) is 117 cm³/mol. The van der Waals surface area contributed by atoms with Crippen molar-refractivity contribution in [1.29, 1.82) is 0 Å². The highest BCUT2D eigenvalue weighted by atomic mass is 32.1. The molecule has 3 heterocycles. The van der Waals surface area contributed by atoms with Crippen LogP contribution in [0, 0.1) is 0 Å². The number of aryl methyl sites for hydroxylation is 1. The number of ether oxygens (including phenoxy) is 1. The number of anilines is 1. The monoisotopic (exact) mass is 459 g/mol. The summed E-state index contributed by atoms with van der Waals surface area (Å²) in [7, 11) is 0. The van der Waals surface area contributed by atoms with E-state index in [4.69, 9.17) is 9.15 Å². The third kappa shape index (κ3) is 4.69. The number of fused-ring (bicyclic) bond motifs is 1. The molecule has 9 nitrogen and oxygen atoms in total. The van der Waals surface area contributed by atoms with Gasteiger partial charge in [0, 0.05) is 38.0 Å². The van der Waals surface area contributed by atoms with Crippen LogP contribution in [0.1, 0.15) is 51.1 Å². The minimum Gasteiger partial charge on any atom is -0.459 e. The van der Waals surface area contributed by atoms with Crippen molar-refractivity contribution in [3.63, 3.8) is 0 Å². The summed E-state index contributed by atoms with van der Waals surface area (Å²) in [6.07, 6.45) is 5.11. The molecule has 3 amide bonds. The van der Waals surface area contributed by atoms with E-state index in [1.165, 1.54) is 24.5 Å². The maximum atomic E-state index is 12.8. The summed E-state index contributed by atoms with van der Waals surface area (Å²) in [4.78, 5) is 53.6. The van der Waals surface area contributed by atoms with Crippen molar-refractivity contribution in [2.45, 2.75) is 32.6 Å². The van der Waals surface area contributed by atoms with Crippen molar-refractivity contribution >= 4 is 40.0 Å². The lowest BCUT2D eigenvalue weighted by Gasteiger charge is -2.34. The Labute approximate surface area is 189 Å². The van der Waals surface area contributed by atoms with E-state index in [1.807, 2.05) is 0 Å². The zero-order valence-electron chi connectivity index (χ0n) is 17.8. The number of piperazine rings is 1. The number of nitrogens with one attached hydrogen (secondary N) is 1. The Balaban J connectivity index is 1.34. The van der Waals surface area contributed by atoms with E-state index in [2.05, 4.69) is 5.32 Å². The molecule has 0 spiro atoms. The molecule has 0 radical (unpaired) electrons. The summed E-state index contributed by atoms with van der Waals surface area (Å²) in [5.74, 6) is -1.09. The number of furan rings is 1. The van der Waals surface area contributed by atoms with Gasteiger partial charge in [-0.15, -0.1) is 11.3 Å². The van der Waals surface area contributed by atoms with Crippen LogP contribution in [-0.4, -0.2) is 66.3 Å². The Morgan fingerprint density at radius 1 is 1.09 bits per heavy atom. The highest BCUT2D eigenvalue weighted by Crippen LogP contribution is 2.38. The van der Waals surface area contributed by atoms with Gasteiger partial charge in [-0.25, -0.2) is 4.79 Å². The van der Waals surface area contributed by atoms with Crippen LogP contribution in [0.2, 0.25) is 0 Å². The van der Waals surface area contributed by atoms with Crippen LogP contribution in [0.3, 0.4) is 0 Å². The molecule has 0 atom stereocenters. The largest absolute Gasteiger partial charge is 0.459 e. The Kier molecular flexibility index (Phi) is 6.59. The lowest BCUT2D eigenvalue weighted by molar-refractivity contribution is -0.136. The number of amides is 3. The van der Waals surface area contributed by atoms with Crippen molar-refractivity contribution < 1.29 is 28.3 Å². The molecule has 1 saturated heterocycles. The molecular formula is C22H25N3O6S. The summed E-state index contributed by atoms with van der Waals surface area (Å²) in [6, 6.07) is 3.26. The SMILES string of the molecule is CC(=O)Nc1sc2c(c1C(=O)OCC(=O)N1CCN(C(=O)c3ccco3)CC1)CCCC2. The Morgan fingerprint density at radius 2 is 1.81 bits per heavy atom. The van der Waals surface area contributed by atoms with Gasteiger partial charge in [0.25, 0.3) is 11.8 Å². The lowest BCUT2D eigenvalue weighted by Crippen LogP contribution is -2.51. The van der Waals surface area contributed by atoms with E-state index >= 15 is 0 Å². The number of thiophene rings is 1. The minimum absolute atomic E-state index is 0.207. The van der Waals surface area contributed by atoms with Crippen LogP contribution >= 0.6 is 11.3 Å². The molecule has 1 fully saturated rings. The molecule has 170 valence electrons. The average molecular weight is 460 g/mol. The van der Waals surface area contributed by atoms with Gasteiger partial charge in [0.2, 0.25) is 5.91 Å². The maximum Gasteiger partial charge on any atom is 0.341 e. The van der Waals surface area contributed by atoms with Gasteiger partial charge < -0.3 is 24.3 Å². The molecule has 2 aliphatic rings. The van der Waals surface area contributed by atoms with E-state index in [-0.39, 0.29) is 30.1 Å². The highest BCUT2D eigenvalue weighted by Gasteiger charge is 2.29. The number of nitrogens with zero attached hydrogens (tertiary/aromatic N) is 2. The number of rotatable bonds is 5. The standard InChI is InChI=1S/C22H25N3O6S/c1-14(26)23-20-19(15-5-2-3-7-17(15)32-20)22(29)31-13-18(27)24-8-10-25(11-9-24)21(28)16-6-4-12-30-16/h4,6,12H,2-3,5,7-11,13H2,1H3,(H,23,26). The van der Waals surface area contributed by atoms with Crippen LogP contribution in [0.25, 0.3) is 0 Å².